The molecule has 13 heavy (non-hydrogen) atoms. The Labute approximate surface area is 92.1 Å². The van der Waals surface area contributed by atoms with Gasteiger partial charge >= 0.3 is 5.97 Å². The van der Waals surface area contributed by atoms with Gasteiger partial charge in [0.2, 0.25) is 5.91 Å². The largest absolute Gasteiger partial charge is 0.480 e. The summed E-state index contributed by atoms with van der Waals surface area (Å²) < 4.78 is 0. The second kappa shape index (κ2) is 3.57. The van der Waals surface area contributed by atoms with Crippen molar-refractivity contribution in [2.45, 2.75) is 22.5 Å². The summed E-state index contributed by atoms with van der Waals surface area (Å²) in [5.74, 6) is -1.89. The third-order valence-electron chi connectivity index (χ3n) is 2.36. The highest BCUT2D eigenvalue weighted by molar-refractivity contribution is 9.12. The monoisotopic (exact) mass is 313 g/mol. The number of carbonyl (C=O) groups is 2. The molecule has 0 aromatic carbocycles. The molecular weight excluding hydrogens is 306 g/mol. The van der Waals surface area contributed by atoms with Crippen LogP contribution in [0, 0.1) is 5.41 Å². The van der Waals surface area contributed by atoms with Crippen LogP contribution in [0.25, 0.3) is 0 Å². The van der Waals surface area contributed by atoms with Crippen molar-refractivity contribution >= 4 is 43.7 Å². The first-order valence-corrected chi connectivity index (χ1v) is 5.55. The number of amides is 1. The zero-order chi connectivity index (χ0) is 10.2. The molecule has 2 unspecified atom stereocenters. The molecule has 1 amide bonds. The van der Waals surface area contributed by atoms with Gasteiger partial charge in [-0.25, -0.2) is 0 Å². The minimum atomic E-state index is -1.40. The summed E-state index contributed by atoms with van der Waals surface area (Å²) in [6.07, 6.45) is 0.487. The van der Waals surface area contributed by atoms with E-state index in [0.29, 0.717) is 0 Å². The van der Waals surface area contributed by atoms with E-state index >= 15 is 0 Å². The summed E-state index contributed by atoms with van der Waals surface area (Å²) in [5, 5.41) is 8.93. The molecule has 1 rings (SSSR count). The predicted octanol–water partition coefficient (Wildman–Crippen LogP) is 0.863. The molecule has 1 aliphatic carbocycles. The van der Waals surface area contributed by atoms with Gasteiger partial charge in [0.25, 0.3) is 0 Å². The van der Waals surface area contributed by atoms with Crippen LogP contribution in [0.15, 0.2) is 0 Å². The lowest BCUT2D eigenvalue weighted by Gasteiger charge is -2.18. The van der Waals surface area contributed by atoms with Crippen molar-refractivity contribution in [3.8, 4) is 0 Å². The van der Waals surface area contributed by atoms with E-state index in [4.69, 9.17) is 10.8 Å². The highest BCUT2D eigenvalue weighted by Gasteiger charge is 2.53. The molecule has 1 saturated carbocycles. The van der Waals surface area contributed by atoms with E-state index in [1.54, 1.807) is 0 Å². The Morgan fingerprint density at radius 2 is 1.69 bits per heavy atom. The summed E-state index contributed by atoms with van der Waals surface area (Å²) >= 11 is 6.60. The smallest absolute Gasteiger partial charge is 0.319 e. The number of primary amides is 1. The number of nitrogens with two attached hydrogens (primary N) is 1. The number of hydrogen-bond acceptors (Lipinski definition) is 2. The van der Waals surface area contributed by atoms with Gasteiger partial charge in [-0.3, -0.25) is 9.59 Å². The van der Waals surface area contributed by atoms with Crippen LogP contribution < -0.4 is 5.73 Å². The second-order valence-electron chi connectivity index (χ2n) is 3.19. The Morgan fingerprint density at radius 3 is 1.85 bits per heavy atom. The number of alkyl halides is 2. The summed E-state index contributed by atoms with van der Waals surface area (Å²) in [4.78, 5) is 21.9. The molecule has 0 saturated heterocycles. The van der Waals surface area contributed by atoms with Crippen LogP contribution in [0.5, 0.6) is 0 Å². The molecule has 3 N–H and O–H groups in total. The molecule has 74 valence electrons. The fourth-order valence-electron chi connectivity index (χ4n) is 1.49. The van der Waals surface area contributed by atoms with Gasteiger partial charge in [-0.1, -0.05) is 31.9 Å². The SMILES string of the molecule is NC(=O)C1(C(=O)O)CC(Br)C(Br)C1. The Kier molecular flexibility index (Phi) is 3.01. The van der Waals surface area contributed by atoms with E-state index in [9.17, 15) is 9.59 Å². The number of halogens is 2. The van der Waals surface area contributed by atoms with Crippen LogP contribution in [0.1, 0.15) is 12.8 Å². The lowest BCUT2D eigenvalue weighted by atomic mass is 9.86. The van der Waals surface area contributed by atoms with E-state index < -0.39 is 17.3 Å². The van der Waals surface area contributed by atoms with Crippen molar-refractivity contribution in [1.29, 1.82) is 0 Å². The molecule has 0 heterocycles. The first-order valence-electron chi connectivity index (χ1n) is 3.71. The highest BCUT2D eigenvalue weighted by Crippen LogP contribution is 2.44. The summed E-state index contributed by atoms with van der Waals surface area (Å²) in [7, 11) is 0. The molecule has 0 spiro atoms. The fraction of sp³-hybridized carbons (Fsp3) is 0.714. The van der Waals surface area contributed by atoms with Crippen LogP contribution in [0.3, 0.4) is 0 Å². The van der Waals surface area contributed by atoms with Gasteiger partial charge in [0.05, 0.1) is 0 Å². The van der Waals surface area contributed by atoms with E-state index in [0.717, 1.165) is 0 Å². The molecule has 0 bridgehead atoms. The van der Waals surface area contributed by atoms with Crippen LogP contribution in [-0.2, 0) is 9.59 Å². The molecular formula is C7H9Br2NO3. The van der Waals surface area contributed by atoms with Crippen LogP contribution >= 0.6 is 31.9 Å². The van der Waals surface area contributed by atoms with Gasteiger partial charge in [-0.15, -0.1) is 0 Å². The summed E-state index contributed by atoms with van der Waals surface area (Å²) in [5.41, 5.74) is 3.70. The minimum absolute atomic E-state index is 0.0175. The van der Waals surface area contributed by atoms with Crippen LogP contribution in [0.2, 0.25) is 0 Å². The highest BCUT2D eigenvalue weighted by atomic mass is 79.9. The van der Waals surface area contributed by atoms with Gasteiger partial charge in [-0.05, 0) is 12.8 Å². The van der Waals surface area contributed by atoms with Crippen molar-refractivity contribution in [3.05, 3.63) is 0 Å². The lowest BCUT2D eigenvalue weighted by Crippen LogP contribution is -2.42. The number of hydrogen-bond donors (Lipinski definition) is 2. The van der Waals surface area contributed by atoms with Crippen LogP contribution in [0.4, 0.5) is 0 Å². The lowest BCUT2D eigenvalue weighted by molar-refractivity contribution is -0.154. The van der Waals surface area contributed by atoms with Crippen LogP contribution in [-0.4, -0.2) is 26.6 Å². The van der Waals surface area contributed by atoms with E-state index in [1.807, 2.05) is 0 Å². The van der Waals surface area contributed by atoms with E-state index in [1.165, 1.54) is 0 Å². The molecule has 0 aromatic rings. The molecule has 1 aliphatic rings. The Balaban J connectivity index is 2.96. The van der Waals surface area contributed by atoms with Crippen molar-refractivity contribution in [2.75, 3.05) is 0 Å². The fourth-order valence-corrected chi connectivity index (χ4v) is 2.97. The minimum Gasteiger partial charge on any atom is -0.480 e. The van der Waals surface area contributed by atoms with Gasteiger partial charge in [0, 0.05) is 9.65 Å². The number of carbonyl (C=O) groups excluding carboxylic acids is 1. The van der Waals surface area contributed by atoms with E-state index in [2.05, 4.69) is 31.9 Å². The van der Waals surface area contributed by atoms with Gasteiger partial charge in [0.1, 0.15) is 5.41 Å². The second-order valence-corrected chi connectivity index (χ2v) is 5.54. The normalized spacial score (nSPS) is 38.9. The number of carboxylic acids is 1. The summed E-state index contributed by atoms with van der Waals surface area (Å²) in [6, 6.07) is 0. The average Bonchev–Trinajstić information content (AvgIpc) is 2.29. The first kappa shape index (κ1) is 11.0. The molecule has 6 heteroatoms. The maximum absolute atomic E-state index is 11.1. The third kappa shape index (κ3) is 1.74. The van der Waals surface area contributed by atoms with Crippen molar-refractivity contribution in [2.24, 2.45) is 11.1 Å². The Bertz CT molecular complexity index is 230. The maximum atomic E-state index is 11.1. The zero-order valence-electron chi connectivity index (χ0n) is 6.67. The average molecular weight is 315 g/mol. The van der Waals surface area contributed by atoms with Crippen molar-refractivity contribution < 1.29 is 14.7 Å². The number of aliphatic carboxylic acids is 1. The number of rotatable bonds is 2. The quantitative estimate of drug-likeness (QED) is 0.586. The molecule has 4 nitrogen and oxygen atoms in total. The summed E-state index contributed by atoms with van der Waals surface area (Å²) in [6.45, 7) is 0. The molecule has 0 radical (unpaired) electrons. The van der Waals surface area contributed by atoms with Crippen molar-refractivity contribution in [1.82, 2.24) is 0 Å². The van der Waals surface area contributed by atoms with Gasteiger partial charge < -0.3 is 10.8 Å². The van der Waals surface area contributed by atoms with Crippen molar-refractivity contribution in [3.63, 3.8) is 0 Å². The number of carboxylic acid groups (broad SMARTS) is 1. The molecule has 0 aliphatic heterocycles. The Morgan fingerprint density at radius 1 is 1.31 bits per heavy atom. The van der Waals surface area contributed by atoms with E-state index in [-0.39, 0.29) is 22.5 Å². The zero-order valence-corrected chi connectivity index (χ0v) is 9.84. The van der Waals surface area contributed by atoms with Gasteiger partial charge in [0.15, 0.2) is 0 Å². The first-order chi connectivity index (χ1) is 5.90. The topological polar surface area (TPSA) is 80.4 Å². The molecule has 2 atom stereocenters. The Hall–Kier alpha value is -0.100. The standard InChI is InChI=1S/C7H9Br2NO3/c8-3-1-7(5(10)11,6(12)13)2-4(3)9/h3-4H,1-2H2,(H2,10,11)(H,12,13). The molecule has 1 fully saturated rings. The molecule has 0 aromatic heterocycles. The van der Waals surface area contributed by atoms with Gasteiger partial charge in [-0.2, -0.15) is 0 Å². The maximum Gasteiger partial charge on any atom is 0.319 e. The predicted molar refractivity (Wildman–Crippen MR) is 53.9 cm³/mol. The third-order valence-corrected chi connectivity index (χ3v) is 4.99.